The summed E-state index contributed by atoms with van der Waals surface area (Å²) in [5.41, 5.74) is 10.6. The molecule has 6 rings (SSSR count). The molecule has 37 heavy (non-hydrogen) atoms. The van der Waals surface area contributed by atoms with Crippen LogP contribution in [0.5, 0.6) is 0 Å². The van der Waals surface area contributed by atoms with Crippen LogP contribution in [-0.2, 0) is 0 Å². The van der Waals surface area contributed by atoms with Crippen LogP contribution < -0.4 is 4.90 Å². The highest BCUT2D eigenvalue weighted by Gasteiger charge is 2.19. The molecule has 0 aliphatic carbocycles. The van der Waals surface area contributed by atoms with Gasteiger partial charge in [-0.3, -0.25) is 0 Å². The van der Waals surface area contributed by atoms with Crippen molar-refractivity contribution in [3.63, 3.8) is 0 Å². The van der Waals surface area contributed by atoms with E-state index in [0.717, 1.165) is 17.1 Å². The van der Waals surface area contributed by atoms with Gasteiger partial charge < -0.3 is 4.90 Å². The molecule has 0 amide bonds. The number of nitrogens with zero attached hydrogens (tertiary/aromatic N) is 1. The highest BCUT2D eigenvalue weighted by molar-refractivity contribution is 5.95. The van der Waals surface area contributed by atoms with Gasteiger partial charge in [-0.25, -0.2) is 0 Å². The Hall–Kier alpha value is -4.88. The van der Waals surface area contributed by atoms with Crippen molar-refractivity contribution in [2.45, 2.75) is 0 Å². The van der Waals surface area contributed by atoms with Gasteiger partial charge in [0.2, 0.25) is 0 Å². The zero-order chi connectivity index (χ0) is 24.9. The van der Waals surface area contributed by atoms with E-state index < -0.39 is 0 Å². The van der Waals surface area contributed by atoms with Crippen molar-refractivity contribution in [3.05, 3.63) is 164 Å². The van der Waals surface area contributed by atoms with Gasteiger partial charge in [0, 0.05) is 16.9 Å². The van der Waals surface area contributed by atoms with Gasteiger partial charge in [0.15, 0.2) is 0 Å². The molecule has 176 valence electrons. The molecule has 6 aromatic carbocycles. The first kappa shape index (κ1) is 22.6. The minimum Gasteiger partial charge on any atom is -0.310 e. The number of para-hydroxylation sites is 3. The maximum Gasteiger partial charge on any atom is 0.0540 e. The Morgan fingerprint density at radius 2 is 0.784 bits per heavy atom. The van der Waals surface area contributed by atoms with Crippen LogP contribution in [0.15, 0.2) is 164 Å². The molecular formula is C36H27N. The van der Waals surface area contributed by atoms with Crippen molar-refractivity contribution in [1.29, 1.82) is 0 Å². The molecule has 0 saturated carbocycles. The third-order valence-corrected chi connectivity index (χ3v) is 6.68. The predicted molar refractivity (Wildman–Crippen MR) is 157 cm³/mol. The Labute approximate surface area is 218 Å². The molecule has 0 atom stereocenters. The van der Waals surface area contributed by atoms with Crippen LogP contribution in [0, 0.1) is 0 Å². The largest absolute Gasteiger partial charge is 0.310 e. The summed E-state index contributed by atoms with van der Waals surface area (Å²) in [6.07, 6.45) is 0. The van der Waals surface area contributed by atoms with Crippen molar-refractivity contribution in [3.8, 4) is 33.4 Å². The highest BCUT2D eigenvalue weighted by atomic mass is 15.1. The maximum absolute atomic E-state index is 2.34. The Morgan fingerprint density at radius 3 is 1.38 bits per heavy atom. The zero-order valence-electron chi connectivity index (χ0n) is 20.5. The topological polar surface area (TPSA) is 3.24 Å². The van der Waals surface area contributed by atoms with Gasteiger partial charge in [-0.2, -0.15) is 0 Å². The van der Waals surface area contributed by atoms with Crippen molar-refractivity contribution in [1.82, 2.24) is 0 Å². The maximum atomic E-state index is 2.34. The summed E-state index contributed by atoms with van der Waals surface area (Å²) < 4.78 is 0. The number of hydrogen-bond acceptors (Lipinski definition) is 1. The standard InChI is InChI=1S/C36H27N/c1-5-15-28(16-6-1)30-25-26-33(35(27-30)29-17-7-2-8-18-29)34-23-13-14-24-36(34)37(31-19-9-3-10-20-31)32-21-11-4-12-22-32/h1-27H. The van der Waals surface area contributed by atoms with Crippen molar-refractivity contribution in [2.75, 3.05) is 4.90 Å². The minimum atomic E-state index is 1.13. The van der Waals surface area contributed by atoms with E-state index in [0.29, 0.717) is 0 Å². The molecule has 1 heteroatoms. The number of benzene rings is 6. The quantitative estimate of drug-likeness (QED) is 0.233. The SMILES string of the molecule is c1ccc(-c2ccc(-c3ccccc3N(c3ccccc3)c3ccccc3)c(-c3ccccc3)c2)cc1. The van der Waals surface area contributed by atoms with Gasteiger partial charge in [0.05, 0.1) is 5.69 Å². The van der Waals surface area contributed by atoms with Gasteiger partial charge in [0.1, 0.15) is 0 Å². The first-order valence-corrected chi connectivity index (χ1v) is 12.6. The van der Waals surface area contributed by atoms with Crippen LogP contribution >= 0.6 is 0 Å². The van der Waals surface area contributed by atoms with Crippen LogP contribution in [0.4, 0.5) is 17.1 Å². The number of anilines is 3. The smallest absolute Gasteiger partial charge is 0.0540 e. The van der Waals surface area contributed by atoms with Gasteiger partial charge in [-0.15, -0.1) is 0 Å². The monoisotopic (exact) mass is 473 g/mol. The van der Waals surface area contributed by atoms with Gasteiger partial charge in [-0.05, 0) is 64.2 Å². The van der Waals surface area contributed by atoms with E-state index in [1.54, 1.807) is 0 Å². The van der Waals surface area contributed by atoms with Crippen LogP contribution in [0.2, 0.25) is 0 Å². The van der Waals surface area contributed by atoms with E-state index >= 15 is 0 Å². The third kappa shape index (κ3) is 4.68. The third-order valence-electron chi connectivity index (χ3n) is 6.68. The van der Waals surface area contributed by atoms with E-state index in [1.807, 2.05) is 0 Å². The predicted octanol–water partition coefficient (Wildman–Crippen LogP) is 10.2. The van der Waals surface area contributed by atoms with Gasteiger partial charge in [0.25, 0.3) is 0 Å². The molecule has 0 aliphatic rings. The fourth-order valence-electron chi connectivity index (χ4n) is 4.92. The van der Waals surface area contributed by atoms with Crippen molar-refractivity contribution < 1.29 is 0 Å². The molecule has 0 bridgehead atoms. The average molecular weight is 474 g/mol. The molecule has 0 radical (unpaired) electrons. The molecule has 0 aromatic heterocycles. The minimum absolute atomic E-state index is 1.13. The lowest BCUT2D eigenvalue weighted by molar-refractivity contribution is 1.28. The molecular weight excluding hydrogens is 446 g/mol. The summed E-state index contributed by atoms with van der Waals surface area (Å²) in [4.78, 5) is 2.34. The summed E-state index contributed by atoms with van der Waals surface area (Å²) >= 11 is 0. The average Bonchev–Trinajstić information content (AvgIpc) is 2.99. The Morgan fingerprint density at radius 1 is 0.297 bits per heavy atom. The molecule has 0 aliphatic heterocycles. The molecule has 0 fully saturated rings. The lowest BCUT2D eigenvalue weighted by Gasteiger charge is -2.28. The second-order valence-electron chi connectivity index (χ2n) is 9.02. The van der Waals surface area contributed by atoms with Gasteiger partial charge in [-0.1, -0.05) is 127 Å². The van der Waals surface area contributed by atoms with Gasteiger partial charge >= 0.3 is 0 Å². The van der Waals surface area contributed by atoms with Crippen molar-refractivity contribution >= 4 is 17.1 Å². The second kappa shape index (κ2) is 10.4. The first-order chi connectivity index (χ1) is 18.4. The van der Waals surface area contributed by atoms with Crippen LogP contribution in [0.1, 0.15) is 0 Å². The Bertz CT molecular complexity index is 1550. The lowest BCUT2D eigenvalue weighted by atomic mass is 9.90. The Balaban J connectivity index is 1.58. The summed E-state index contributed by atoms with van der Waals surface area (Å²) in [7, 11) is 0. The molecule has 0 saturated heterocycles. The summed E-state index contributed by atoms with van der Waals surface area (Å²) in [5.74, 6) is 0. The molecule has 1 nitrogen and oxygen atoms in total. The lowest BCUT2D eigenvalue weighted by Crippen LogP contribution is -2.11. The van der Waals surface area contributed by atoms with E-state index in [1.165, 1.54) is 33.4 Å². The normalized spacial score (nSPS) is 10.7. The van der Waals surface area contributed by atoms with Crippen LogP contribution in [-0.4, -0.2) is 0 Å². The van der Waals surface area contributed by atoms with Crippen LogP contribution in [0.25, 0.3) is 33.4 Å². The fourth-order valence-corrected chi connectivity index (χ4v) is 4.92. The summed E-state index contributed by atoms with van der Waals surface area (Å²) in [6.45, 7) is 0. The Kier molecular flexibility index (Phi) is 6.34. The second-order valence-corrected chi connectivity index (χ2v) is 9.02. The van der Waals surface area contributed by atoms with E-state index in [-0.39, 0.29) is 0 Å². The molecule has 0 heterocycles. The van der Waals surface area contributed by atoms with Crippen LogP contribution in [0.3, 0.4) is 0 Å². The highest BCUT2D eigenvalue weighted by Crippen LogP contribution is 2.44. The first-order valence-electron chi connectivity index (χ1n) is 12.6. The van der Waals surface area contributed by atoms with Crippen molar-refractivity contribution in [2.24, 2.45) is 0 Å². The molecule has 0 spiro atoms. The number of rotatable bonds is 6. The molecule has 6 aromatic rings. The molecule has 0 unspecified atom stereocenters. The van der Waals surface area contributed by atoms with E-state index in [2.05, 4.69) is 169 Å². The van der Waals surface area contributed by atoms with E-state index in [4.69, 9.17) is 0 Å². The number of hydrogen-bond donors (Lipinski definition) is 0. The van der Waals surface area contributed by atoms with E-state index in [9.17, 15) is 0 Å². The molecule has 0 N–H and O–H groups in total. The summed E-state index contributed by atoms with van der Waals surface area (Å²) in [6, 6.07) is 58.0. The zero-order valence-corrected chi connectivity index (χ0v) is 20.5. The fraction of sp³-hybridized carbons (Fsp3) is 0. The summed E-state index contributed by atoms with van der Waals surface area (Å²) in [5, 5.41) is 0.